The molecule has 0 saturated heterocycles. The first-order valence-electron chi connectivity index (χ1n) is 7.37. The van der Waals surface area contributed by atoms with E-state index in [9.17, 15) is 10.1 Å². The second kappa shape index (κ2) is 6.39. The molecule has 0 bridgehead atoms. The summed E-state index contributed by atoms with van der Waals surface area (Å²) in [6.45, 7) is 1.91. The van der Waals surface area contributed by atoms with Crippen molar-refractivity contribution in [1.82, 2.24) is 9.97 Å². The van der Waals surface area contributed by atoms with Gasteiger partial charge >= 0.3 is 0 Å². The quantitative estimate of drug-likeness (QED) is 0.752. The van der Waals surface area contributed by atoms with E-state index < -0.39 is 0 Å². The maximum absolute atomic E-state index is 12.3. The van der Waals surface area contributed by atoms with E-state index in [1.807, 2.05) is 31.2 Å². The van der Waals surface area contributed by atoms with Crippen LogP contribution >= 0.6 is 0 Å². The SMILES string of the molecule is COc1cccc(C=C(C#N)c2nc3ccc(C)cc3c(=O)[nH]2)c1. The fourth-order valence-corrected chi connectivity index (χ4v) is 2.43. The number of hydrogen-bond donors (Lipinski definition) is 1. The van der Waals surface area contributed by atoms with Crippen molar-refractivity contribution in [2.75, 3.05) is 7.11 Å². The van der Waals surface area contributed by atoms with Crippen molar-refractivity contribution in [3.63, 3.8) is 0 Å². The second-order valence-electron chi connectivity index (χ2n) is 5.38. The Morgan fingerprint density at radius 1 is 1.29 bits per heavy atom. The van der Waals surface area contributed by atoms with Crippen molar-refractivity contribution in [3.05, 3.63) is 69.8 Å². The Labute approximate surface area is 138 Å². The summed E-state index contributed by atoms with van der Waals surface area (Å²) in [6, 6.07) is 14.9. The minimum atomic E-state index is -0.259. The predicted octanol–water partition coefficient (Wildman–Crippen LogP) is 3.30. The Balaban J connectivity index is 2.13. The number of aryl methyl sites for hydroxylation is 1. The lowest BCUT2D eigenvalue weighted by molar-refractivity contribution is 0.414. The lowest BCUT2D eigenvalue weighted by Crippen LogP contribution is -2.11. The maximum Gasteiger partial charge on any atom is 0.259 e. The summed E-state index contributed by atoms with van der Waals surface area (Å²) in [7, 11) is 1.58. The number of nitrogens with zero attached hydrogens (tertiary/aromatic N) is 2. The van der Waals surface area contributed by atoms with Crippen LogP contribution in [0.1, 0.15) is 17.0 Å². The zero-order chi connectivity index (χ0) is 17.1. The maximum atomic E-state index is 12.3. The topological polar surface area (TPSA) is 78.8 Å². The largest absolute Gasteiger partial charge is 0.497 e. The molecular formula is C19H15N3O2. The molecule has 1 heterocycles. The Morgan fingerprint density at radius 2 is 2.12 bits per heavy atom. The summed E-state index contributed by atoms with van der Waals surface area (Å²) < 4.78 is 5.18. The van der Waals surface area contributed by atoms with Crippen LogP contribution in [0.5, 0.6) is 5.75 Å². The predicted molar refractivity (Wildman–Crippen MR) is 93.6 cm³/mol. The monoisotopic (exact) mass is 317 g/mol. The third-order valence-electron chi connectivity index (χ3n) is 3.64. The number of aromatic amines is 1. The van der Waals surface area contributed by atoms with E-state index in [0.29, 0.717) is 16.7 Å². The molecule has 1 N–H and O–H groups in total. The average Bonchev–Trinajstić information content (AvgIpc) is 2.60. The number of H-pyrrole nitrogens is 1. The molecule has 0 atom stereocenters. The van der Waals surface area contributed by atoms with Crippen LogP contribution in [0.3, 0.4) is 0 Å². The molecule has 24 heavy (non-hydrogen) atoms. The molecule has 118 valence electrons. The summed E-state index contributed by atoms with van der Waals surface area (Å²) in [5, 5.41) is 9.97. The highest BCUT2D eigenvalue weighted by atomic mass is 16.5. The molecule has 0 unspecified atom stereocenters. The van der Waals surface area contributed by atoms with Gasteiger partial charge in [0.2, 0.25) is 0 Å². The van der Waals surface area contributed by atoms with Crippen molar-refractivity contribution < 1.29 is 4.74 Å². The van der Waals surface area contributed by atoms with Gasteiger partial charge in [-0.25, -0.2) is 4.98 Å². The highest BCUT2D eigenvalue weighted by Gasteiger charge is 2.09. The number of aromatic nitrogens is 2. The van der Waals surface area contributed by atoms with Crippen LogP contribution in [0.4, 0.5) is 0 Å². The zero-order valence-electron chi connectivity index (χ0n) is 13.3. The molecule has 5 heteroatoms. The Bertz CT molecular complexity index is 1040. The van der Waals surface area contributed by atoms with Gasteiger partial charge in [-0.2, -0.15) is 5.26 Å². The summed E-state index contributed by atoms with van der Waals surface area (Å²) in [5.41, 5.74) is 2.35. The summed E-state index contributed by atoms with van der Waals surface area (Å²) in [6.07, 6.45) is 1.67. The van der Waals surface area contributed by atoms with E-state index in [2.05, 4.69) is 16.0 Å². The van der Waals surface area contributed by atoms with Gasteiger partial charge in [0, 0.05) is 0 Å². The summed E-state index contributed by atoms with van der Waals surface area (Å²) >= 11 is 0. The van der Waals surface area contributed by atoms with Gasteiger partial charge in [-0.1, -0.05) is 23.8 Å². The van der Waals surface area contributed by atoms with Crippen LogP contribution in [-0.4, -0.2) is 17.1 Å². The number of methoxy groups -OCH3 is 1. The first-order valence-corrected chi connectivity index (χ1v) is 7.37. The summed E-state index contributed by atoms with van der Waals surface area (Å²) in [4.78, 5) is 19.4. The Hall–Kier alpha value is -3.39. The van der Waals surface area contributed by atoms with E-state index in [1.54, 1.807) is 31.4 Å². The van der Waals surface area contributed by atoms with E-state index in [4.69, 9.17) is 4.74 Å². The van der Waals surface area contributed by atoms with Gasteiger partial charge in [0.15, 0.2) is 5.82 Å². The Morgan fingerprint density at radius 3 is 2.88 bits per heavy atom. The molecule has 2 aromatic carbocycles. The minimum Gasteiger partial charge on any atom is -0.497 e. The van der Waals surface area contributed by atoms with E-state index in [-0.39, 0.29) is 17.0 Å². The molecule has 0 saturated carbocycles. The third kappa shape index (κ3) is 3.03. The van der Waals surface area contributed by atoms with E-state index in [1.165, 1.54) is 0 Å². The van der Waals surface area contributed by atoms with Crippen LogP contribution in [0.15, 0.2) is 47.3 Å². The molecule has 1 aromatic heterocycles. The van der Waals surface area contributed by atoms with Crippen LogP contribution in [0.25, 0.3) is 22.6 Å². The van der Waals surface area contributed by atoms with Crippen LogP contribution < -0.4 is 10.3 Å². The number of ether oxygens (including phenoxy) is 1. The molecule has 3 rings (SSSR count). The first-order chi connectivity index (χ1) is 11.6. The Kier molecular flexibility index (Phi) is 4.13. The van der Waals surface area contributed by atoms with Gasteiger partial charge in [-0.15, -0.1) is 0 Å². The molecule has 0 aliphatic carbocycles. The minimum absolute atomic E-state index is 0.252. The number of fused-ring (bicyclic) bond motifs is 1. The van der Waals surface area contributed by atoms with Crippen LogP contribution in [0.2, 0.25) is 0 Å². The molecular weight excluding hydrogens is 302 g/mol. The fraction of sp³-hybridized carbons (Fsp3) is 0.105. The first kappa shape index (κ1) is 15.5. The van der Waals surface area contributed by atoms with Gasteiger partial charge in [-0.3, -0.25) is 4.79 Å². The van der Waals surface area contributed by atoms with Gasteiger partial charge in [-0.05, 0) is 42.8 Å². The second-order valence-corrected chi connectivity index (χ2v) is 5.38. The number of benzene rings is 2. The van der Waals surface area contributed by atoms with Gasteiger partial charge in [0.1, 0.15) is 11.8 Å². The molecule has 0 radical (unpaired) electrons. The molecule has 5 nitrogen and oxygen atoms in total. The lowest BCUT2D eigenvalue weighted by Gasteiger charge is -2.04. The van der Waals surface area contributed by atoms with E-state index in [0.717, 1.165) is 11.1 Å². The number of nitriles is 1. The van der Waals surface area contributed by atoms with Crippen LogP contribution in [-0.2, 0) is 0 Å². The van der Waals surface area contributed by atoms with Crippen molar-refractivity contribution in [1.29, 1.82) is 5.26 Å². The lowest BCUT2D eigenvalue weighted by atomic mass is 10.1. The smallest absolute Gasteiger partial charge is 0.259 e. The molecule has 0 amide bonds. The fourth-order valence-electron chi connectivity index (χ4n) is 2.43. The third-order valence-corrected chi connectivity index (χ3v) is 3.64. The zero-order valence-corrected chi connectivity index (χ0v) is 13.3. The van der Waals surface area contributed by atoms with E-state index >= 15 is 0 Å². The number of hydrogen-bond acceptors (Lipinski definition) is 4. The van der Waals surface area contributed by atoms with Gasteiger partial charge < -0.3 is 9.72 Å². The molecule has 0 spiro atoms. The highest BCUT2D eigenvalue weighted by Crippen LogP contribution is 2.19. The van der Waals surface area contributed by atoms with Crippen molar-refractivity contribution in [2.45, 2.75) is 6.92 Å². The highest BCUT2D eigenvalue weighted by molar-refractivity contribution is 5.89. The van der Waals surface area contributed by atoms with Crippen molar-refractivity contribution in [2.24, 2.45) is 0 Å². The normalized spacial score (nSPS) is 11.3. The molecule has 3 aromatic rings. The molecule has 0 fully saturated rings. The standard InChI is InChI=1S/C19H15N3O2/c1-12-6-7-17-16(8-12)19(23)22-18(21-17)14(11-20)9-13-4-3-5-15(10-13)24-2/h3-10H,1-2H3,(H,21,22,23). The summed E-state index contributed by atoms with van der Waals surface area (Å²) in [5.74, 6) is 0.943. The molecule has 0 aliphatic heterocycles. The van der Waals surface area contributed by atoms with Crippen molar-refractivity contribution >= 4 is 22.6 Å². The number of allylic oxidation sites excluding steroid dienone is 1. The number of nitrogens with one attached hydrogen (secondary N) is 1. The molecule has 0 aliphatic rings. The van der Waals surface area contributed by atoms with Crippen LogP contribution in [0, 0.1) is 18.3 Å². The number of rotatable bonds is 3. The van der Waals surface area contributed by atoms with Gasteiger partial charge in [0.25, 0.3) is 5.56 Å². The van der Waals surface area contributed by atoms with Gasteiger partial charge in [0.05, 0.1) is 23.6 Å². The average molecular weight is 317 g/mol. The van der Waals surface area contributed by atoms with Crippen molar-refractivity contribution in [3.8, 4) is 11.8 Å².